The highest BCUT2D eigenvalue weighted by Gasteiger charge is 2.44. The number of piperidine rings is 1. The van der Waals surface area contributed by atoms with Crippen molar-refractivity contribution in [3.63, 3.8) is 0 Å². The summed E-state index contributed by atoms with van der Waals surface area (Å²) >= 11 is 0. The number of urea groups is 1. The van der Waals surface area contributed by atoms with Gasteiger partial charge in [0.15, 0.2) is 0 Å². The Bertz CT molecular complexity index is 978. The molecule has 0 radical (unpaired) electrons. The Balaban J connectivity index is 1.30. The summed E-state index contributed by atoms with van der Waals surface area (Å²) in [6.07, 6.45) is 4.16. The first-order valence-electron chi connectivity index (χ1n) is 10.2. The monoisotopic (exact) mass is 409 g/mol. The van der Waals surface area contributed by atoms with Crippen LogP contribution in [0.5, 0.6) is 0 Å². The van der Waals surface area contributed by atoms with Crippen molar-refractivity contribution >= 4 is 17.8 Å². The molecule has 0 aliphatic carbocycles. The third kappa shape index (κ3) is 3.15. The minimum absolute atomic E-state index is 0.0457. The number of carbonyl (C=O) groups is 3. The van der Waals surface area contributed by atoms with E-state index in [1.807, 2.05) is 35.0 Å². The van der Waals surface area contributed by atoms with Crippen LogP contribution in [0.3, 0.4) is 0 Å². The van der Waals surface area contributed by atoms with Gasteiger partial charge in [0.25, 0.3) is 5.91 Å². The molecule has 1 aromatic heterocycles. The van der Waals surface area contributed by atoms with Crippen LogP contribution in [0, 0.1) is 0 Å². The van der Waals surface area contributed by atoms with Gasteiger partial charge in [0.1, 0.15) is 12.1 Å². The normalized spacial score (nSPS) is 20.4. The lowest BCUT2D eigenvalue weighted by Gasteiger charge is -2.43. The van der Waals surface area contributed by atoms with E-state index in [2.05, 4.69) is 11.5 Å². The van der Waals surface area contributed by atoms with Crippen LogP contribution >= 0.6 is 0 Å². The Hall–Kier alpha value is -3.20. The van der Waals surface area contributed by atoms with Crippen LogP contribution in [0.25, 0.3) is 5.69 Å². The Morgan fingerprint density at radius 3 is 2.63 bits per heavy atom. The fraction of sp³-hybridized carbons (Fsp3) is 0.429. The summed E-state index contributed by atoms with van der Waals surface area (Å²) in [5, 5.41) is 7.29. The number of carbonyl (C=O) groups excluding carboxylic acids is 3. The average molecular weight is 409 g/mol. The van der Waals surface area contributed by atoms with Crippen molar-refractivity contribution in [1.82, 2.24) is 24.9 Å². The molecule has 156 valence electrons. The molecule has 2 saturated heterocycles. The maximum absolute atomic E-state index is 12.6. The van der Waals surface area contributed by atoms with Gasteiger partial charge in [0, 0.05) is 19.3 Å². The molecule has 1 N–H and O–H groups in total. The second-order valence-electron chi connectivity index (χ2n) is 7.90. The summed E-state index contributed by atoms with van der Waals surface area (Å²) in [5.41, 5.74) is 2.65. The van der Waals surface area contributed by atoms with Gasteiger partial charge in [0.05, 0.1) is 24.5 Å². The summed E-state index contributed by atoms with van der Waals surface area (Å²) in [6.45, 7) is 1.37. The minimum atomic E-state index is -0.506. The number of amides is 4. The highest BCUT2D eigenvalue weighted by Crippen LogP contribution is 2.41. The zero-order chi connectivity index (χ0) is 20.7. The quantitative estimate of drug-likeness (QED) is 0.757. The molecule has 30 heavy (non-hydrogen) atoms. The van der Waals surface area contributed by atoms with E-state index in [1.54, 1.807) is 4.90 Å². The number of ether oxygens (including phenoxy) is 1. The summed E-state index contributed by atoms with van der Waals surface area (Å²) < 4.78 is 8.13. The first-order chi connectivity index (χ1) is 14.6. The van der Waals surface area contributed by atoms with Gasteiger partial charge in [-0.05, 0) is 37.0 Å². The molecule has 1 spiro atoms. The van der Waals surface area contributed by atoms with Gasteiger partial charge >= 0.3 is 6.03 Å². The molecule has 0 unspecified atom stereocenters. The zero-order valence-corrected chi connectivity index (χ0v) is 16.5. The average Bonchev–Trinajstić information content (AvgIpc) is 3.35. The summed E-state index contributed by atoms with van der Waals surface area (Å²) in [4.78, 5) is 38.8. The fourth-order valence-corrected chi connectivity index (χ4v) is 4.46. The van der Waals surface area contributed by atoms with Gasteiger partial charge in [-0.2, -0.15) is 5.10 Å². The first kappa shape index (κ1) is 18.8. The van der Waals surface area contributed by atoms with Gasteiger partial charge in [-0.25, -0.2) is 9.48 Å². The SMILES string of the molecule is O=C(CN1C(=O)CNC1=O)N1CCC2(CC1)OCCc1cn(-c3ccccc3)nc12. The molecule has 0 atom stereocenters. The van der Waals surface area contributed by atoms with Crippen molar-refractivity contribution in [2.24, 2.45) is 0 Å². The van der Waals surface area contributed by atoms with Gasteiger partial charge in [-0.3, -0.25) is 14.5 Å². The van der Waals surface area contributed by atoms with E-state index in [9.17, 15) is 14.4 Å². The lowest BCUT2D eigenvalue weighted by Crippen LogP contribution is -2.51. The maximum Gasteiger partial charge on any atom is 0.325 e. The van der Waals surface area contributed by atoms with Crippen molar-refractivity contribution < 1.29 is 19.1 Å². The number of imide groups is 1. The molecule has 2 aromatic rings. The molecule has 4 amide bonds. The Labute approximate surface area is 173 Å². The summed E-state index contributed by atoms with van der Waals surface area (Å²) in [6, 6.07) is 9.47. The molecule has 0 saturated carbocycles. The molecule has 4 heterocycles. The predicted molar refractivity (Wildman–Crippen MR) is 106 cm³/mol. The van der Waals surface area contributed by atoms with Crippen LogP contribution in [-0.4, -0.2) is 70.2 Å². The molecular weight excluding hydrogens is 386 g/mol. The number of hydrogen-bond acceptors (Lipinski definition) is 5. The number of nitrogens with zero attached hydrogens (tertiary/aromatic N) is 4. The van der Waals surface area contributed by atoms with Crippen molar-refractivity contribution in [3.05, 3.63) is 47.8 Å². The molecule has 2 fully saturated rings. The zero-order valence-electron chi connectivity index (χ0n) is 16.5. The second kappa shape index (κ2) is 7.24. The van der Waals surface area contributed by atoms with E-state index in [1.165, 1.54) is 5.56 Å². The van der Waals surface area contributed by atoms with Crippen molar-refractivity contribution in [2.45, 2.75) is 24.9 Å². The third-order valence-electron chi connectivity index (χ3n) is 6.15. The van der Waals surface area contributed by atoms with E-state index < -0.39 is 11.6 Å². The summed E-state index contributed by atoms with van der Waals surface area (Å²) in [5.74, 6) is -0.588. The van der Waals surface area contributed by atoms with E-state index in [4.69, 9.17) is 9.84 Å². The number of likely N-dealkylation sites (tertiary alicyclic amines) is 1. The largest absolute Gasteiger partial charge is 0.368 e. The second-order valence-corrected chi connectivity index (χ2v) is 7.90. The molecule has 9 nitrogen and oxygen atoms in total. The molecule has 3 aliphatic heterocycles. The molecule has 3 aliphatic rings. The van der Waals surface area contributed by atoms with Gasteiger partial charge in [0.2, 0.25) is 5.91 Å². The number of fused-ring (bicyclic) bond motifs is 2. The van der Waals surface area contributed by atoms with E-state index in [-0.39, 0.29) is 24.9 Å². The lowest BCUT2D eigenvalue weighted by atomic mass is 9.84. The first-order valence-corrected chi connectivity index (χ1v) is 10.2. The standard InChI is InChI=1S/C21H23N5O4/c27-17-12-22-20(29)25(17)14-18(28)24-9-7-21(8-10-24)19-15(6-11-30-21)13-26(23-19)16-4-2-1-3-5-16/h1-5,13H,6-12,14H2,(H,22,29). The molecule has 1 aromatic carbocycles. The molecule has 5 rings (SSSR count). The number of rotatable bonds is 3. The Morgan fingerprint density at radius 2 is 1.93 bits per heavy atom. The molecule has 9 heteroatoms. The van der Waals surface area contributed by atoms with Gasteiger partial charge < -0.3 is 15.0 Å². The Kier molecular flexibility index (Phi) is 4.54. The van der Waals surface area contributed by atoms with Crippen LogP contribution in [0.4, 0.5) is 4.79 Å². The Morgan fingerprint density at radius 1 is 1.17 bits per heavy atom. The summed E-state index contributed by atoms with van der Waals surface area (Å²) in [7, 11) is 0. The smallest absolute Gasteiger partial charge is 0.325 e. The number of aromatic nitrogens is 2. The van der Waals surface area contributed by atoms with E-state index >= 15 is 0 Å². The topological polar surface area (TPSA) is 96.8 Å². The van der Waals surface area contributed by atoms with Crippen LogP contribution in [-0.2, 0) is 26.3 Å². The molecule has 0 bridgehead atoms. The van der Waals surface area contributed by atoms with Gasteiger partial charge in [-0.15, -0.1) is 0 Å². The maximum atomic E-state index is 12.6. The molecular formula is C21H23N5O4. The van der Waals surface area contributed by atoms with Crippen LogP contribution in [0.1, 0.15) is 24.1 Å². The van der Waals surface area contributed by atoms with E-state index in [0.717, 1.165) is 22.7 Å². The highest BCUT2D eigenvalue weighted by atomic mass is 16.5. The van der Waals surface area contributed by atoms with Crippen LogP contribution < -0.4 is 5.32 Å². The lowest BCUT2D eigenvalue weighted by molar-refractivity contribution is -0.144. The number of nitrogens with one attached hydrogen (secondary N) is 1. The minimum Gasteiger partial charge on any atom is -0.368 e. The number of hydrogen-bond donors (Lipinski definition) is 1. The third-order valence-corrected chi connectivity index (χ3v) is 6.15. The van der Waals surface area contributed by atoms with Crippen molar-refractivity contribution in [3.8, 4) is 5.69 Å². The predicted octanol–water partition coefficient (Wildman–Crippen LogP) is 0.815. The number of benzene rings is 1. The van der Waals surface area contributed by atoms with Crippen molar-refractivity contribution in [2.75, 3.05) is 32.8 Å². The van der Waals surface area contributed by atoms with Crippen molar-refractivity contribution in [1.29, 1.82) is 0 Å². The highest BCUT2D eigenvalue weighted by molar-refractivity contribution is 6.04. The number of para-hydroxylation sites is 1. The van der Waals surface area contributed by atoms with Gasteiger partial charge in [-0.1, -0.05) is 18.2 Å². The van der Waals surface area contributed by atoms with E-state index in [0.29, 0.717) is 32.5 Å². The van der Waals surface area contributed by atoms with Crippen LogP contribution in [0.2, 0.25) is 0 Å². The fourth-order valence-electron chi connectivity index (χ4n) is 4.46. The van der Waals surface area contributed by atoms with Crippen LogP contribution in [0.15, 0.2) is 36.5 Å².